The van der Waals surface area contributed by atoms with Crippen LogP contribution in [-0.2, 0) is 14.4 Å². The van der Waals surface area contributed by atoms with Crippen molar-refractivity contribution < 1.29 is 19.5 Å². The third-order valence-electron chi connectivity index (χ3n) is 2.13. The Balaban J connectivity index is 5.24. The lowest BCUT2D eigenvalue weighted by atomic mass is 10.0. The molecular weight excluding hydrogens is 212 g/mol. The molecule has 6 heteroatoms. The number of aliphatic carboxylic acids is 1. The quantitative estimate of drug-likeness (QED) is 0.697. The molecule has 0 heterocycles. The van der Waals surface area contributed by atoms with Crippen molar-refractivity contribution in [1.29, 1.82) is 0 Å². The molecule has 0 saturated carbocycles. The van der Waals surface area contributed by atoms with Crippen molar-refractivity contribution in [2.75, 3.05) is 0 Å². The number of carboxylic acid groups (broad SMARTS) is 1. The second-order valence-corrected chi connectivity index (χ2v) is 4.04. The van der Waals surface area contributed by atoms with Gasteiger partial charge in [-0.05, 0) is 12.8 Å². The smallest absolute Gasteiger partial charge is 0.327 e. The Morgan fingerprint density at radius 3 is 1.81 bits per heavy atom. The maximum atomic E-state index is 11.7. The number of nitrogens with zero attached hydrogens (tertiary/aromatic N) is 1. The second kappa shape index (κ2) is 5.60. The van der Waals surface area contributed by atoms with Crippen molar-refractivity contribution in [3.8, 4) is 0 Å². The molecule has 3 N–H and O–H groups in total. The molecule has 16 heavy (non-hydrogen) atoms. The molecule has 92 valence electrons. The van der Waals surface area contributed by atoms with E-state index >= 15 is 0 Å². The van der Waals surface area contributed by atoms with E-state index in [-0.39, 0.29) is 5.92 Å². The fourth-order valence-corrected chi connectivity index (χ4v) is 1.40. The van der Waals surface area contributed by atoms with Crippen molar-refractivity contribution in [2.45, 2.75) is 39.8 Å². The molecule has 0 bridgehead atoms. The zero-order valence-electron chi connectivity index (χ0n) is 9.93. The van der Waals surface area contributed by atoms with Gasteiger partial charge in [-0.3, -0.25) is 14.5 Å². The minimum absolute atomic E-state index is 0.371. The average molecular weight is 230 g/mol. The molecule has 0 spiro atoms. The van der Waals surface area contributed by atoms with Crippen LogP contribution in [0, 0.1) is 5.92 Å². The van der Waals surface area contributed by atoms with E-state index in [1.54, 1.807) is 13.8 Å². The molecule has 0 rings (SSSR count). The molecule has 0 radical (unpaired) electrons. The Morgan fingerprint density at radius 2 is 1.62 bits per heavy atom. The summed E-state index contributed by atoms with van der Waals surface area (Å²) in [6.45, 7) is 5.82. The molecule has 2 amide bonds. The van der Waals surface area contributed by atoms with E-state index < -0.39 is 29.9 Å². The van der Waals surface area contributed by atoms with E-state index in [9.17, 15) is 14.4 Å². The Bertz CT molecular complexity index is 299. The van der Waals surface area contributed by atoms with E-state index in [1.807, 2.05) is 0 Å². The summed E-state index contributed by atoms with van der Waals surface area (Å²) in [5, 5.41) is 9.01. The molecule has 2 atom stereocenters. The number of hydrogen-bond donors (Lipinski definition) is 2. The SMILES string of the molecule is CC(=O)N(C(=O)[C@H](C)N)[C@H](C(=O)O)C(C)C. The second-order valence-electron chi connectivity index (χ2n) is 4.04. The van der Waals surface area contributed by atoms with Crippen molar-refractivity contribution in [2.24, 2.45) is 11.7 Å². The lowest BCUT2D eigenvalue weighted by molar-refractivity contribution is -0.159. The van der Waals surface area contributed by atoms with Crippen molar-refractivity contribution in [1.82, 2.24) is 4.90 Å². The van der Waals surface area contributed by atoms with Gasteiger partial charge in [-0.25, -0.2) is 4.79 Å². The number of carbonyl (C=O) groups excluding carboxylic acids is 2. The molecule has 0 aliphatic heterocycles. The molecule has 0 unspecified atom stereocenters. The van der Waals surface area contributed by atoms with E-state index in [4.69, 9.17) is 10.8 Å². The highest BCUT2D eigenvalue weighted by atomic mass is 16.4. The molecule has 0 saturated heterocycles. The summed E-state index contributed by atoms with van der Waals surface area (Å²) in [5.41, 5.74) is 5.38. The Labute approximate surface area is 94.4 Å². The summed E-state index contributed by atoms with van der Waals surface area (Å²) >= 11 is 0. The van der Waals surface area contributed by atoms with E-state index in [2.05, 4.69) is 0 Å². The van der Waals surface area contributed by atoms with Gasteiger partial charge in [0.1, 0.15) is 6.04 Å². The number of carboxylic acids is 1. The number of rotatable bonds is 4. The van der Waals surface area contributed by atoms with Crippen LogP contribution in [0.1, 0.15) is 27.7 Å². The molecule has 0 fully saturated rings. The van der Waals surface area contributed by atoms with Crippen molar-refractivity contribution in [3.63, 3.8) is 0 Å². The fourth-order valence-electron chi connectivity index (χ4n) is 1.40. The van der Waals surface area contributed by atoms with Crippen LogP contribution in [0.15, 0.2) is 0 Å². The third-order valence-corrected chi connectivity index (χ3v) is 2.13. The fraction of sp³-hybridized carbons (Fsp3) is 0.700. The molecule has 6 nitrogen and oxygen atoms in total. The lowest BCUT2D eigenvalue weighted by Gasteiger charge is -2.29. The number of hydrogen-bond acceptors (Lipinski definition) is 4. The van der Waals surface area contributed by atoms with Crippen LogP contribution < -0.4 is 5.73 Å². The van der Waals surface area contributed by atoms with Crippen LogP contribution in [0.4, 0.5) is 0 Å². The summed E-state index contributed by atoms with van der Waals surface area (Å²) in [4.78, 5) is 34.7. The van der Waals surface area contributed by atoms with Crippen LogP contribution >= 0.6 is 0 Å². The Morgan fingerprint density at radius 1 is 1.19 bits per heavy atom. The standard InChI is InChI=1S/C10H18N2O4/c1-5(2)8(10(15)16)12(7(4)13)9(14)6(3)11/h5-6,8H,11H2,1-4H3,(H,15,16)/t6-,8-/m0/s1. The normalized spacial score (nSPS) is 14.4. The number of imide groups is 1. The summed E-state index contributed by atoms with van der Waals surface area (Å²) in [6, 6.07) is -2.07. The van der Waals surface area contributed by atoms with Crippen LogP contribution in [0.3, 0.4) is 0 Å². The van der Waals surface area contributed by atoms with Gasteiger partial charge in [0, 0.05) is 6.92 Å². The molecular formula is C10H18N2O4. The lowest BCUT2D eigenvalue weighted by Crippen LogP contribution is -2.54. The molecule has 0 aromatic heterocycles. The first-order valence-corrected chi connectivity index (χ1v) is 5.02. The van der Waals surface area contributed by atoms with Crippen LogP contribution in [0.5, 0.6) is 0 Å². The largest absolute Gasteiger partial charge is 0.480 e. The first-order valence-electron chi connectivity index (χ1n) is 5.02. The van der Waals surface area contributed by atoms with Crippen LogP contribution in [-0.4, -0.2) is 39.9 Å². The molecule has 0 aromatic rings. The summed E-state index contributed by atoms with van der Waals surface area (Å²) in [6.07, 6.45) is 0. The summed E-state index contributed by atoms with van der Waals surface area (Å²) in [7, 11) is 0. The van der Waals surface area contributed by atoms with Gasteiger partial charge in [0.15, 0.2) is 0 Å². The van der Waals surface area contributed by atoms with Gasteiger partial charge >= 0.3 is 5.97 Å². The van der Waals surface area contributed by atoms with Crippen molar-refractivity contribution >= 4 is 17.8 Å². The number of amides is 2. The summed E-state index contributed by atoms with van der Waals surface area (Å²) in [5.74, 6) is -2.86. The zero-order valence-corrected chi connectivity index (χ0v) is 9.93. The monoisotopic (exact) mass is 230 g/mol. The maximum absolute atomic E-state index is 11.7. The predicted molar refractivity (Wildman–Crippen MR) is 57.4 cm³/mol. The number of carbonyl (C=O) groups is 3. The van der Waals surface area contributed by atoms with Gasteiger partial charge in [0.25, 0.3) is 0 Å². The zero-order chi connectivity index (χ0) is 13.0. The highest BCUT2D eigenvalue weighted by Crippen LogP contribution is 2.13. The third kappa shape index (κ3) is 3.30. The van der Waals surface area contributed by atoms with Gasteiger partial charge in [0.2, 0.25) is 11.8 Å². The maximum Gasteiger partial charge on any atom is 0.327 e. The first-order chi connectivity index (χ1) is 7.20. The Hall–Kier alpha value is -1.43. The van der Waals surface area contributed by atoms with Gasteiger partial charge in [-0.15, -0.1) is 0 Å². The Kier molecular flexibility index (Phi) is 5.10. The minimum atomic E-state index is -1.21. The van der Waals surface area contributed by atoms with Gasteiger partial charge < -0.3 is 10.8 Å². The first kappa shape index (κ1) is 14.6. The van der Waals surface area contributed by atoms with Crippen molar-refractivity contribution in [3.05, 3.63) is 0 Å². The van der Waals surface area contributed by atoms with Crippen LogP contribution in [0.25, 0.3) is 0 Å². The molecule has 0 aliphatic carbocycles. The molecule has 0 aromatic carbocycles. The van der Waals surface area contributed by atoms with Crippen LogP contribution in [0.2, 0.25) is 0 Å². The van der Waals surface area contributed by atoms with Gasteiger partial charge in [0.05, 0.1) is 6.04 Å². The minimum Gasteiger partial charge on any atom is -0.480 e. The van der Waals surface area contributed by atoms with E-state index in [0.29, 0.717) is 0 Å². The molecule has 0 aliphatic rings. The van der Waals surface area contributed by atoms with Gasteiger partial charge in [-0.1, -0.05) is 13.8 Å². The topological polar surface area (TPSA) is 101 Å². The summed E-state index contributed by atoms with van der Waals surface area (Å²) < 4.78 is 0. The predicted octanol–water partition coefficient (Wildman–Crippen LogP) is -0.182. The highest BCUT2D eigenvalue weighted by Gasteiger charge is 2.36. The van der Waals surface area contributed by atoms with Gasteiger partial charge in [-0.2, -0.15) is 0 Å². The number of nitrogens with two attached hydrogens (primary N) is 1. The van der Waals surface area contributed by atoms with E-state index in [0.717, 1.165) is 11.8 Å². The average Bonchev–Trinajstić information content (AvgIpc) is 2.10. The highest BCUT2D eigenvalue weighted by molar-refractivity contribution is 6.00. The van der Waals surface area contributed by atoms with E-state index in [1.165, 1.54) is 6.92 Å².